The van der Waals surface area contributed by atoms with E-state index >= 15 is 0 Å². The molecule has 1 aromatic rings. The Hall–Kier alpha value is -1.59. The fraction of sp³-hybridized carbons (Fsp3) is 0.667. The molecule has 4 rings (SSSR count). The Balaban J connectivity index is 1.48. The van der Waals surface area contributed by atoms with Crippen LogP contribution in [0.5, 0.6) is 5.75 Å². The zero-order chi connectivity index (χ0) is 18.1. The molecule has 26 heavy (non-hydrogen) atoms. The third-order valence-corrected chi connectivity index (χ3v) is 6.83. The van der Waals surface area contributed by atoms with E-state index in [1.807, 2.05) is 12.1 Å². The second-order valence-electron chi connectivity index (χ2n) is 8.18. The Morgan fingerprint density at radius 3 is 2.69 bits per heavy atom. The van der Waals surface area contributed by atoms with Crippen molar-refractivity contribution in [2.45, 2.75) is 44.2 Å². The average Bonchev–Trinajstić information content (AvgIpc) is 3.40. The minimum Gasteiger partial charge on any atom is -0.496 e. The highest BCUT2D eigenvalue weighted by molar-refractivity contribution is 5.80. The quantitative estimate of drug-likeness (QED) is 0.820. The Morgan fingerprint density at radius 1 is 1.27 bits per heavy atom. The van der Waals surface area contributed by atoms with E-state index in [4.69, 9.17) is 10.5 Å². The number of para-hydroxylation sites is 1. The first-order valence-corrected chi connectivity index (χ1v) is 10.1. The number of nitrogens with zero attached hydrogens (tertiary/aromatic N) is 1. The molecule has 5 nitrogen and oxygen atoms in total. The zero-order valence-corrected chi connectivity index (χ0v) is 15.7. The van der Waals surface area contributed by atoms with Crippen molar-refractivity contribution in [2.24, 2.45) is 23.5 Å². The first kappa shape index (κ1) is 17.8. The molecule has 2 saturated carbocycles. The van der Waals surface area contributed by atoms with E-state index in [0.29, 0.717) is 18.4 Å². The molecule has 1 saturated heterocycles. The number of fused-ring (bicyclic) bond motifs is 2. The molecule has 2 bridgehead atoms. The fourth-order valence-electron chi connectivity index (χ4n) is 5.47. The number of carbonyl (C=O) groups excluding carboxylic acids is 1. The SMILES string of the molecule is COc1ccccc1C(CNC(=O)C1C2CCC(C2)C1N)N1CCCC1. The molecule has 5 unspecified atom stereocenters. The first-order chi connectivity index (χ1) is 12.7. The largest absolute Gasteiger partial charge is 0.496 e. The summed E-state index contributed by atoms with van der Waals surface area (Å²) in [5, 5.41) is 3.25. The Morgan fingerprint density at radius 2 is 2.00 bits per heavy atom. The van der Waals surface area contributed by atoms with Crippen molar-refractivity contribution in [2.75, 3.05) is 26.7 Å². The second kappa shape index (κ2) is 7.57. The number of nitrogens with one attached hydrogen (secondary N) is 1. The van der Waals surface area contributed by atoms with Gasteiger partial charge in [0.05, 0.1) is 19.1 Å². The lowest BCUT2D eigenvalue weighted by molar-refractivity contribution is -0.127. The summed E-state index contributed by atoms with van der Waals surface area (Å²) in [4.78, 5) is 15.4. The number of carbonyl (C=O) groups is 1. The number of amides is 1. The zero-order valence-electron chi connectivity index (χ0n) is 15.7. The van der Waals surface area contributed by atoms with E-state index in [9.17, 15) is 4.79 Å². The van der Waals surface area contributed by atoms with E-state index < -0.39 is 0 Å². The number of hydrogen-bond acceptors (Lipinski definition) is 4. The molecule has 1 aromatic carbocycles. The van der Waals surface area contributed by atoms with Crippen molar-refractivity contribution < 1.29 is 9.53 Å². The maximum Gasteiger partial charge on any atom is 0.225 e. The third-order valence-electron chi connectivity index (χ3n) is 6.83. The van der Waals surface area contributed by atoms with Gasteiger partial charge in [-0.05, 0) is 63.1 Å². The number of ether oxygens (including phenoxy) is 1. The monoisotopic (exact) mass is 357 g/mol. The van der Waals surface area contributed by atoms with Crippen LogP contribution in [0.4, 0.5) is 0 Å². The molecule has 1 aliphatic heterocycles. The molecule has 1 heterocycles. The lowest BCUT2D eigenvalue weighted by atomic mass is 9.84. The summed E-state index contributed by atoms with van der Waals surface area (Å²) in [6, 6.07) is 8.38. The molecular formula is C21H31N3O2. The number of nitrogens with two attached hydrogens (primary N) is 1. The number of methoxy groups -OCH3 is 1. The minimum atomic E-state index is 0.00523. The summed E-state index contributed by atoms with van der Waals surface area (Å²) in [5.41, 5.74) is 7.52. The molecule has 0 radical (unpaired) electrons. The summed E-state index contributed by atoms with van der Waals surface area (Å²) in [6.45, 7) is 2.78. The van der Waals surface area contributed by atoms with Crippen molar-refractivity contribution in [1.82, 2.24) is 10.2 Å². The summed E-state index contributed by atoms with van der Waals surface area (Å²) in [6.07, 6.45) is 5.95. The highest BCUT2D eigenvalue weighted by Gasteiger charge is 2.49. The van der Waals surface area contributed by atoms with Gasteiger partial charge in [-0.1, -0.05) is 18.2 Å². The van der Waals surface area contributed by atoms with Gasteiger partial charge in [-0.2, -0.15) is 0 Å². The Labute approximate surface area is 156 Å². The van der Waals surface area contributed by atoms with Crippen molar-refractivity contribution in [1.29, 1.82) is 0 Å². The maximum atomic E-state index is 12.9. The third kappa shape index (κ3) is 3.23. The van der Waals surface area contributed by atoms with Gasteiger partial charge in [0.2, 0.25) is 5.91 Å². The summed E-state index contributed by atoms with van der Waals surface area (Å²) in [5.74, 6) is 2.11. The summed E-state index contributed by atoms with van der Waals surface area (Å²) in [7, 11) is 1.72. The molecule has 3 aliphatic rings. The van der Waals surface area contributed by atoms with Gasteiger partial charge in [-0.25, -0.2) is 0 Å². The van der Waals surface area contributed by atoms with Crippen molar-refractivity contribution in [3.05, 3.63) is 29.8 Å². The van der Waals surface area contributed by atoms with Crippen molar-refractivity contribution in [3.8, 4) is 5.75 Å². The van der Waals surface area contributed by atoms with Gasteiger partial charge in [-0.15, -0.1) is 0 Å². The Bertz CT molecular complexity index is 642. The van der Waals surface area contributed by atoms with Crippen molar-refractivity contribution in [3.63, 3.8) is 0 Å². The molecule has 3 fully saturated rings. The van der Waals surface area contributed by atoms with Crippen molar-refractivity contribution >= 4 is 5.91 Å². The molecule has 1 amide bonds. The van der Waals surface area contributed by atoms with Gasteiger partial charge in [0.25, 0.3) is 0 Å². The number of hydrogen-bond donors (Lipinski definition) is 2. The number of likely N-dealkylation sites (tertiary alicyclic amines) is 1. The normalized spacial score (nSPS) is 31.9. The summed E-state index contributed by atoms with van der Waals surface area (Å²) >= 11 is 0. The molecule has 5 heteroatoms. The first-order valence-electron chi connectivity index (χ1n) is 10.1. The van der Waals surface area contributed by atoms with Gasteiger partial charge in [0.15, 0.2) is 0 Å². The van der Waals surface area contributed by atoms with Crippen LogP contribution in [-0.2, 0) is 4.79 Å². The molecule has 2 aliphatic carbocycles. The molecule has 5 atom stereocenters. The van der Waals surface area contributed by atoms with Crippen LogP contribution in [0.25, 0.3) is 0 Å². The van der Waals surface area contributed by atoms with Crippen LogP contribution in [0.15, 0.2) is 24.3 Å². The number of rotatable bonds is 6. The Kier molecular flexibility index (Phi) is 5.18. The van der Waals surface area contributed by atoms with E-state index in [1.54, 1.807) is 7.11 Å². The molecule has 0 spiro atoms. The highest BCUT2D eigenvalue weighted by Crippen LogP contribution is 2.47. The smallest absolute Gasteiger partial charge is 0.225 e. The predicted molar refractivity (Wildman–Crippen MR) is 102 cm³/mol. The van der Waals surface area contributed by atoms with Crippen LogP contribution in [0.2, 0.25) is 0 Å². The highest BCUT2D eigenvalue weighted by atomic mass is 16.5. The summed E-state index contributed by atoms with van der Waals surface area (Å²) < 4.78 is 5.59. The van der Waals surface area contributed by atoms with Crippen LogP contribution in [0.1, 0.15) is 43.7 Å². The molecule has 0 aromatic heterocycles. The van der Waals surface area contributed by atoms with Gasteiger partial charge in [0, 0.05) is 18.2 Å². The topological polar surface area (TPSA) is 67.6 Å². The van der Waals surface area contributed by atoms with Gasteiger partial charge in [0.1, 0.15) is 5.75 Å². The van der Waals surface area contributed by atoms with E-state index in [0.717, 1.165) is 30.8 Å². The average molecular weight is 357 g/mol. The van der Waals surface area contributed by atoms with Crippen LogP contribution < -0.4 is 15.8 Å². The van der Waals surface area contributed by atoms with Gasteiger partial charge < -0.3 is 15.8 Å². The van der Waals surface area contributed by atoms with Gasteiger partial charge in [-0.3, -0.25) is 9.69 Å². The van der Waals surface area contributed by atoms with Crippen LogP contribution in [0, 0.1) is 17.8 Å². The minimum absolute atomic E-state index is 0.00523. The molecular weight excluding hydrogens is 326 g/mol. The standard InChI is InChI=1S/C21H31N3O2/c1-26-18-7-3-2-6-16(18)17(24-10-4-5-11-24)13-23-21(25)19-14-8-9-15(12-14)20(19)22/h2-3,6-7,14-15,17,19-20H,4-5,8-13,22H2,1H3,(H,23,25). The molecule has 142 valence electrons. The lowest BCUT2D eigenvalue weighted by Crippen LogP contribution is -2.47. The fourth-order valence-corrected chi connectivity index (χ4v) is 5.47. The van der Waals surface area contributed by atoms with Gasteiger partial charge >= 0.3 is 0 Å². The van der Waals surface area contributed by atoms with E-state index in [1.165, 1.54) is 25.7 Å². The van der Waals surface area contributed by atoms with Crippen LogP contribution in [-0.4, -0.2) is 43.6 Å². The maximum absolute atomic E-state index is 12.9. The van der Waals surface area contributed by atoms with E-state index in [-0.39, 0.29) is 23.9 Å². The predicted octanol–water partition coefficient (Wildman–Crippen LogP) is 2.32. The lowest BCUT2D eigenvalue weighted by Gasteiger charge is -2.31. The molecule has 3 N–H and O–H groups in total. The second-order valence-corrected chi connectivity index (χ2v) is 8.18. The van der Waals surface area contributed by atoms with E-state index in [2.05, 4.69) is 22.3 Å². The van der Waals surface area contributed by atoms with Crippen LogP contribution in [0.3, 0.4) is 0 Å². The number of benzene rings is 1. The van der Waals surface area contributed by atoms with Crippen LogP contribution >= 0.6 is 0 Å².